The lowest BCUT2D eigenvalue weighted by Crippen LogP contribution is -2.29. The van der Waals surface area contributed by atoms with E-state index < -0.39 is 26.6 Å². The van der Waals surface area contributed by atoms with E-state index in [1.54, 1.807) is 24.3 Å². The summed E-state index contributed by atoms with van der Waals surface area (Å²) in [6.07, 6.45) is 0. The van der Waals surface area contributed by atoms with Crippen LogP contribution < -0.4 is 9.46 Å². The molecule has 0 saturated heterocycles. The van der Waals surface area contributed by atoms with Crippen LogP contribution >= 0.6 is 0 Å². The predicted molar refractivity (Wildman–Crippen MR) is 73.5 cm³/mol. The van der Waals surface area contributed by atoms with Gasteiger partial charge in [0.15, 0.2) is 0 Å². The van der Waals surface area contributed by atoms with Crippen molar-refractivity contribution in [2.24, 2.45) is 0 Å². The molecule has 2 rings (SSSR count). The van der Waals surface area contributed by atoms with Crippen molar-refractivity contribution in [3.8, 4) is 5.75 Å². The second kappa shape index (κ2) is 6.64. The summed E-state index contributed by atoms with van der Waals surface area (Å²) in [5.41, 5.74) is 0. The highest BCUT2D eigenvalue weighted by atomic mass is 32.2. The van der Waals surface area contributed by atoms with Crippen molar-refractivity contribution in [1.82, 2.24) is 4.72 Å². The average molecular weight is 313 g/mol. The zero-order valence-corrected chi connectivity index (χ0v) is 11.7. The van der Waals surface area contributed by atoms with E-state index >= 15 is 0 Å². The Hall–Kier alpha value is -1.99. The van der Waals surface area contributed by atoms with Crippen molar-refractivity contribution in [2.45, 2.75) is 4.90 Å². The highest BCUT2D eigenvalue weighted by Gasteiger charge is 2.19. The Balaban J connectivity index is 1.94. The molecule has 21 heavy (non-hydrogen) atoms. The molecule has 2 aromatic rings. The third-order valence-electron chi connectivity index (χ3n) is 2.59. The van der Waals surface area contributed by atoms with Gasteiger partial charge in [-0.25, -0.2) is 21.9 Å². The molecule has 7 heteroatoms. The van der Waals surface area contributed by atoms with Crippen LogP contribution in [0.5, 0.6) is 5.75 Å². The van der Waals surface area contributed by atoms with E-state index in [-0.39, 0.29) is 13.2 Å². The summed E-state index contributed by atoms with van der Waals surface area (Å²) in [4.78, 5) is -0.720. The molecular formula is C14H13F2NO3S. The molecule has 4 nitrogen and oxygen atoms in total. The van der Waals surface area contributed by atoms with Gasteiger partial charge in [0.25, 0.3) is 0 Å². The molecule has 2 aromatic carbocycles. The highest BCUT2D eigenvalue weighted by molar-refractivity contribution is 7.89. The predicted octanol–water partition coefficient (Wildman–Crippen LogP) is 2.32. The number of halogens is 2. The molecule has 0 aliphatic heterocycles. The first-order valence-corrected chi connectivity index (χ1v) is 7.60. The molecule has 0 atom stereocenters. The average Bonchev–Trinajstić information content (AvgIpc) is 2.47. The van der Waals surface area contributed by atoms with Crippen molar-refractivity contribution < 1.29 is 21.9 Å². The molecule has 0 aromatic heterocycles. The van der Waals surface area contributed by atoms with Crippen LogP contribution in [0.3, 0.4) is 0 Å². The SMILES string of the molecule is O=S(=O)(NCCOc1ccccc1)c1cc(F)ccc1F. The van der Waals surface area contributed by atoms with Gasteiger partial charge in [-0.15, -0.1) is 0 Å². The number of sulfonamides is 1. The Kier molecular flexibility index (Phi) is 4.87. The lowest BCUT2D eigenvalue weighted by atomic mass is 10.3. The summed E-state index contributed by atoms with van der Waals surface area (Å²) in [5, 5.41) is 0. The van der Waals surface area contributed by atoms with Crippen molar-refractivity contribution >= 4 is 10.0 Å². The van der Waals surface area contributed by atoms with Crippen LogP contribution in [0.2, 0.25) is 0 Å². The van der Waals surface area contributed by atoms with Gasteiger partial charge < -0.3 is 4.74 Å². The van der Waals surface area contributed by atoms with Gasteiger partial charge in [-0.1, -0.05) is 18.2 Å². The Morgan fingerprint density at radius 1 is 1.05 bits per heavy atom. The molecule has 0 radical (unpaired) electrons. The first-order chi connectivity index (χ1) is 9.99. The maximum Gasteiger partial charge on any atom is 0.243 e. The van der Waals surface area contributed by atoms with Crippen LogP contribution in [-0.2, 0) is 10.0 Å². The maximum absolute atomic E-state index is 13.4. The van der Waals surface area contributed by atoms with E-state index in [4.69, 9.17) is 4.74 Å². The smallest absolute Gasteiger partial charge is 0.243 e. The molecular weight excluding hydrogens is 300 g/mol. The number of benzene rings is 2. The lowest BCUT2D eigenvalue weighted by Gasteiger charge is -2.09. The number of rotatable bonds is 6. The molecule has 0 fully saturated rings. The van der Waals surface area contributed by atoms with Gasteiger partial charge in [-0.05, 0) is 30.3 Å². The molecule has 0 unspecified atom stereocenters. The highest BCUT2D eigenvalue weighted by Crippen LogP contribution is 2.15. The zero-order chi connectivity index (χ0) is 15.3. The largest absolute Gasteiger partial charge is 0.492 e. The lowest BCUT2D eigenvalue weighted by molar-refractivity contribution is 0.322. The monoisotopic (exact) mass is 313 g/mol. The third kappa shape index (κ3) is 4.24. The number of hydrogen-bond donors (Lipinski definition) is 1. The molecule has 0 heterocycles. The molecule has 112 valence electrons. The minimum atomic E-state index is -4.11. The van der Waals surface area contributed by atoms with Gasteiger partial charge in [0, 0.05) is 6.54 Å². The number of hydrogen-bond acceptors (Lipinski definition) is 3. The van der Waals surface area contributed by atoms with E-state index in [1.165, 1.54) is 0 Å². The third-order valence-corrected chi connectivity index (χ3v) is 4.06. The van der Waals surface area contributed by atoms with E-state index in [0.29, 0.717) is 11.8 Å². The normalized spacial score (nSPS) is 11.3. The Labute approximate surface area is 121 Å². The Morgan fingerprint density at radius 2 is 1.76 bits per heavy atom. The maximum atomic E-state index is 13.4. The van der Waals surface area contributed by atoms with Gasteiger partial charge in [-0.2, -0.15) is 0 Å². The van der Waals surface area contributed by atoms with Crippen molar-refractivity contribution in [2.75, 3.05) is 13.2 Å². The summed E-state index contributed by atoms with van der Waals surface area (Å²) in [7, 11) is -4.11. The van der Waals surface area contributed by atoms with Crippen LogP contribution in [0.15, 0.2) is 53.4 Å². The van der Waals surface area contributed by atoms with E-state index in [9.17, 15) is 17.2 Å². The fraction of sp³-hybridized carbons (Fsp3) is 0.143. The second-order valence-electron chi connectivity index (χ2n) is 4.13. The van der Waals surface area contributed by atoms with Gasteiger partial charge in [0.1, 0.15) is 28.9 Å². The van der Waals surface area contributed by atoms with Crippen LogP contribution in [-0.4, -0.2) is 21.6 Å². The Morgan fingerprint density at radius 3 is 2.48 bits per heavy atom. The fourth-order valence-electron chi connectivity index (χ4n) is 1.62. The number of ether oxygens (including phenoxy) is 1. The molecule has 0 saturated carbocycles. The molecule has 0 aliphatic carbocycles. The van der Waals surface area contributed by atoms with Crippen molar-refractivity contribution in [3.05, 3.63) is 60.2 Å². The van der Waals surface area contributed by atoms with Crippen molar-refractivity contribution in [3.63, 3.8) is 0 Å². The number of nitrogens with one attached hydrogen (secondary N) is 1. The van der Waals surface area contributed by atoms with Crippen LogP contribution in [0.1, 0.15) is 0 Å². The molecule has 0 amide bonds. The topological polar surface area (TPSA) is 55.4 Å². The first kappa shape index (κ1) is 15.4. The van der Waals surface area contributed by atoms with Crippen molar-refractivity contribution in [1.29, 1.82) is 0 Å². The van der Waals surface area contributed by atoms with Crippen LogP contribution in [0.25, 0.3) is 0 Å². The van der Waals surface area contributed by atoms with Gasteiger partial charge in [0.05, 0.1) is 0 Å². The van der Waals surface area contributed by atoms with E-state index in [0.717, 1.165) is 12.1 Å². The molecule has 0 aliphatic rings. The summed E-state index contributed by atoms with van der Waals surface area (Å²) < 4.78 is 57.6. The number of para-hydroxylation sites is 1. The summed E-state index contributed by atoms with van der Waals surface area (Å²) in [5.74, 6) is -1.24. The van der Waals surface area contributed by atoms with Crippen LogP contribution in [0.4, 0.5) is 8.78 Å². The molecule has 1 N–H and O–H groups in total. The van der Waals surface area contributed by atoms with E-state index in [1.807, 2.05) is 6.07 Å². The molecule has 0 spiro atoms. The standard InChI is InChI=1S/C14H13F2NO3S/c15-11-6-7-13(16)14(10-11)21(18,19)17-8-9-20-12-4-2-1-3-5-12/h1-7,10,17H,8-9H2. The second-order valence-corrected chi connectivity index (χ2v) is 5.87. The quantitative estimate of drug-likeness (QED) is 0.833. The molecule has 0 bridgehead atoms. The fourth-order valence-corrected chi connectivity index (χ4v) is 2.72. The zero-order valence-electron chi connectivity index (χ0n) is 10.9. The van der Waals surface area contributed by atoms with Gasteiger partial charge in [-0.3, -0.25) is 0 Å². The minimum Gasteiger partial charge on any atom is -0.492 e. The Bertz CT molecular complexity index is 705. The minimum absolute atomic E-state index is 0.0623. The van der Waals surface area contributed by atoms with Gasteiger partial charge >= 0.3 is 0 Å². The summed E-state index contributed by atoms with van der Waals surface area (Å²) in [6, 6.07) is 11.1. The summed E-state index contributed by atoms with van der Waals surface area (Å²) in [6.45, 7) is 0.00730. The van der Waals surface area contributed by atoms with Gasteiger partial charge in [0.2, 0.25) is 10.0 Å². The summed E-state index contributed by atoms with van der Waals surface area (Å²) >= 11 is 0. The first-order valence-electron chi connectivity index (χ1n) is 6.11. The van der Waals surface area contributed by atoms with Crippen LogP contribution in [0, 0.1) is 11.6 Å². The van der Waals surface area contributed by atoms with E-state index in [2.05, 4.69) is 4.72 Å².